The van der Waals surface area contributed by atoms with E-state index >= 15 is 4.39 Å². The maximum atomic E-state index is 17.6. The summed E-state index contributed by atoms with van der Waals surface area (Å²) in [5, 5.41) is 20.9. The zero-order chi connectivity index (χ0) is 32.5. The van der Waals surface area contributed by atoms with Gasteiger partial charge in [0.05, 0.1) is 12.7 Å². The number of esters is 2. The van der Waals surface area contributed by atoms with Crippen LogP contribution < -0.4 is 0 Å². The van der Waals surface area contributed by atoms with Gasteiger partial charge in [0.15, 0.2) is 23.7 Å². The Bertz CT molecular complexity index is 1250. The van der Waals surface area contributed by atoms with Crippen molar-refractivity contribution in [2.75, 3.05) is 26.4 Å². The Morgan fingerprint density at radius 2 is 1.89 bits per heavy atom. The summed E-state index contributed by atoms with van der Waals surface area (Å²) in [6.07, 6.45) is 5.00. The van der Waals surface area contributed by atoms with Gasteiger partial charge in [0.25, 0.3) is 5.09 Å². The predicted molar refractivity (Wildman–Crippen MR) is 151 cm³/mol. The van der Waals surface area contributed by atoms with Crippen LogP contribution in [0.15, 0.2) is 23.8 Å². The Kier molecular flexibility index (Phi) is 9.70. The van der Waals surface area contributed by atoms with Gasteiger partial charge in [-0.1, -0.05) is 38.8 Å². The molecule has 0 radical (unpaired) electrons. The number of carbonyl (C=O) groups is 4. The number of aliphatic hydroxyl groups is 1. The molecule has 0 heterocycles. The molecule has 1 unspecified atom stereocenters. The number of ketones is 2. The first-order valence-corrected chi connectivity index (χ1v) is 15.2. The fraction of sp³-hybridized carbons (Fsp3) is 0.742. The molecule has 13 heteroatoms. The molecule has 0 amide bonds. The summed E-state index contributed by atoms with van der Waals surface area (Å²) in [6, 6.07) is 0. The molecule has 0 bridgehead atoms. The molecule has 3 saturated carbocycles. The molecule has 4 aliphatic rings. The van der Waals surface area contributed by atoms with Gasteiger partial charge < -0.3 is 24.2 Å². The normalized spacial score (nSPS) is 37.2. The Labute approximate surface area is 255 Å². The second kappa shape index (κ2) is 12.7. The lowest BCUT2D eigenvalue weighted by atomic mass is 9.44. The van der Waals surface area contributed by atoms with E-state index in [9.17, 15) is 34.4 Å². The highest BCUT2D eigenvalue weighted by atomic mass is 19.1. The van der Waals surface area contributed by atoms with Crippen LogP contribution in [0.5, 0.6) is 0 Å². The van der Waals surface area contributed by atoms with Gasteiger partial charge in [-0.2, -0.15) is 0 Å². The van der Waals surface area contributed by atoms with Gasteiger partial charge in [-0.15, -0.1) is 10.1 Å². The van der Waals surface area contributed by atoms with Crippen LogP contribution in [-0.4, -0.2) is 77.5 Å². The summed E-state index contributed by atoms with van der Waals surface area (Å²) < 4.78 is 33.9. The highest BCUT2D eigenvalue weighted by Gasteiger charge is 2.77. The number of unbranched alkanes of at least 4 members (excludes halogenated alkanes) is 1. The van der Waals surface area contributed by atoms with Crippen LogP contribution in [0.4, 0.5) is 4.39 Å². The standard InChI is InChI=1S/C31H42FNO11/c1-5-6-7-26(37)44-31(25(36)17-42-27(38)18-41-12-13-43-33(39)40)19(2)14-23-22-9-8-20-15-21(34)10-11-28(20,3)30(22,32)24(35)16-29(23,31)4/h10-11,15,19,22-24,35H,5-9,12-14,16-18H2,1-4H3/t19-,22?,23-,24-,28-,29-,30-,31-/m0/s1. The number of ether oxygens (including phenoxy) is 3. The number of rotatable bonds is 13. The second-order valence-corrected chi connectivity index (χ2v) is 12.9. The van der Waals surface area contributed by atoms with Crippen LogP contribution in [-0.2, 0) is 38.2 Å². The Morgan fingerprint density at radius 3 is 2.57 bits per heavy atom. The van der Waals surface area contributed by atoms with Gasteiger partial charge in [-0.3, -0.25) is 14.4 Å². The number of carbonyl (C=O) groups excluding carboxylic acids is 4. The van der Waals surface area contributed by atoms with Crippen molar-refractivity contribution in [1.82, 2.24) is 0 Å². The molecule has 4 rings (SSSR count). The number of fused-ring (bicyclic) bond motifs is 5. The van der Waals surface area contributed by atoms with Crippen LogP contribution in [0, 0.1) is 38.7 Å². The summed E-state index contributed by atoms with van der Waals surface area (Å²) in [6.45, 7) is 5.12. The van der Waals surface area contributed by atoms with Crippen molar-refractivity contribution in [3.8, 4) is 0 Å². The molecule has 8 atom stereocenters. The zero-order valence-electron chi connectivity index (χ0n) is 25.7. The molecule has 1 N–H and O–H groups in total. The largest absolute Gasteiger partial charge is 0.456 e. The first-order chi connectivity index (χ1) is 20.7. The molecule has 0 aromatic carbocycles. The van der Waals surface area contributed by atoms with E-state index in [1.54, 1.807) is 26.8 Å². The molecule has 0 aromatic rings. The zero-order valence-corrected chi connectivity index (χ0v) is 25.7. The van der Waals surface area contributed by atoms with Gasteiger partial charge in [0, 0.05) is 29.1 Å². The van der Waals surface area contributed by atoms with Crippen molar-refractivity contribution in [2.24, 2.45) is 28.6 Å². The van der Waals surface area contributed by atoms with Gasteiger partial charge in [0.2, 0.25) is 5.78 Å². The molecule has 0 saturated heterocycles. The average molecular weight is 624 g/mol. The van der Waals surface area contributed by atoms with Crippen LogP contribution >= 0.6 is 0 Å². The van der Waals surface area contributed by atoms with E-state index in [2.05, 4.69) is 4.84 Å². The van der Waals surface area contributed by atoms with E-state index in [0.29, 0.717) is 37.7 Å². The van der Waals surface area contributed by atoms with Crippen molar-refractivity contribution in [3.63, 3.8) is 0 Å². The van der Waals surface area contributed by atoms with Crippen molar-refractivity contribution >= 4 is 23.5 Å². The second-order valence-electron chi connectivity index (χ2n) is 12.9. The Hall–Kier alpha value is -3.19. The van der Waals surface area contributed by atoms with Crippen molar-refractivity contribution < 1.29 is 52.8 Å². The summed E-state index contributed by atoms with van der Waals surface area (Å²) in [4.78, 5) is 66.1. The molecule has 44 heavy (non-hydrogen) atoms. The first kappa shape index (κ1) is 33.7. The van der Waals surface area contributed by atoms with Crippen LogP contribution in [0.1, 0.15) is 72.6 Å². The van der Waals surface area contributed by atoms with E-state index < -0.39 is 88.6 Å². The third-order valence-electron chi connectivity index (χ3n) is 10.6. The van der Waals surface area contributed by atoms with E-state index in [4.69, 9.17) is 14.2 Å². The molecule has 12 nitrogen and oxygen atoms in total. The lowest BCUT2D eigenvalue weighted by Gasteiger charge is -2.62. The number of alkyl halides is 1. The molecule has 4 aliphatic carbocycles. The minimum atomic E-state index is -2.13. The van der Waals surface area contributed by atoms with E-state index in [1.807, 2.05) is 6.92 Å². The van der Waals surface area contributed by atoms with Crippen molar-refractivity contribution in [3.05, 3.63) is 33.9 Å². The molecular formula is C31H42FNO11. The number of hydrogen-bond donors (Lipinski definition) is 1. The molecule has 3 fully saturated rings. The fourth-order valence-corrected chi connectivity index (χ4v) is 8.57. The summed E-state index contributed by atoms with van der Waals surface area (Å²) in [5.41, 5.74) is -5.72. The lowest BCUT2D eigenvalue weighted by Crippen LogP contribution is -2.70. The maximum absolute atomic E-state index is 17.6. The van der Waals surface area contributed by atoms with Crippen molar-refractivity contribution in [1.29, 1.82) is 0 Å². The quantitative estimate of drug-likeness (QED) is 0.138. The number of Topliss-reactive ketones (excluding diaryl/α,β-unsaturated/α-hetero) is 1. The minimum Gasteiger partial charge on any atom is -0.456 e. The topological polar surface area (TPSA) is 169 Å². The average Bonchev–Trinajstić information content (AvgIpc) is 3.17. The molecule has 0 spiro atoms. The number of allylic oxidation sites excluding steroid dienone is 4. The molecular weight excluding hydrogens is 581 g/mol. The maximum Gasteiger partial charge on any atom is 0.332 e. The van der Waals surface area contributed by atoms with Gasteiger partial charge >= 0.3 is 11.9 Å². The van der Waals surface area contributed by atoms with E-state index in [0.717, 1.165) is 0 Å². The number of aliphatic hydroxyl groups excluding tert-OH is 1. The predicted octanol–water partition coefficient (Wildman–Crippen LogP) is 3.41. The monoisotopic (exact) mass is 623 g/mol. The third kappa shape index (κ3) is 5.46. The van der Waals surface area contributed by atoms with E-state index in [1.165, 1.54) is 12.2 Å². The highest BCUT2D eigenvalue weighted by Crippen LogP contribution is 2.71. The first-order valence-electron chi connectivity index (χ1n) is 15.2. The summed E-state index contributed by atoms with van der Waals surface area (Å²) >= 11 is 0. The highest BCUT2D eigenvalue weighted by molar-refractivity contribution is 6.01. The number of halogens is 1. The van der Waals surface area contributed by atoms with Crippen LogP contribution in [0.2, 0.25) is 0 Å². The van der Waals surface area contributed by atoms with Crippen LogP contribution in [0.3, 0.4) is 0 Å². The van der Waals surface area contributed by atoms with Crippen LogP contribution in [0.25, 0.3) is 0 Å². The Morgan fingerprint density at radius 1 is 1.16 bits per heavy atom. The molecule has 0 aromatic heterocycles. The molecule has 244 valence electrons. The fourth-order valence-electron chi connectivity index (χ4n) is 8.57. The minimum absolute atomic E-state index is 0.0585. The summed E-state index contributed by atoms with van der Waals surface area (Å²) in [7, 11) is 0. The number of nitrogens with zero attached hydrogens (tertiary/aromatic N) is 1. The Balaban J connectivity index is 1.62. The third-order valence-corrected chi connectivity index (χ3v) is 10.6. The molecule has 0 aliphatic heterocycles. The number of hydrogen-bond acceptors (Lipinski definition) is 11. The van der Waals surface area contributed by atoms with Crippen molar-refractivity contribution in [2.45, 2.75) is 90.0 Å². The van der Waals surface area contributed by atoms with Gasteiger partial charge in [-0.25, -0.2) is 9.18 Å². The van der Waals surface area contributed by atoms with E-state index in [-0.39, 0.29) is 25.2 Å². The van der Waals surface area contributed by atoms with Gasteiger partial charge in [-0.05, 0) is 57.1 Å². The smallest absolute Gasteiger partial charge is 0.332 e. The SMILES string of the molecule is CCCCC(=O)O[C@]1(C(=O)COC(=O)COCCO[N+](=O)[O-])[C@@H](C)C[C@H]2C3CCC4=CC(=O)C=C[C@]4(C)[C@@]3(F)[C@@H](O)C[C@@]21C. The van der Waals surface area contributed by atoms with Gasteiger partial charge in [0.1, 0.15) is 13.2 Å². The summed E-state index contributed by atoms with van der Waals surface area (Å²) in [5.74, 6) is -4.18. The lowest BCUT2D eigenvalue weighted by molar-refractivity contribution is -0.758.